The summed E-state index contributed by atoms with van der Waals surface area (Å²) in [6.45, 7) is 1.70. The normalized spacial score (nSPS) is 11.1. The predicted octanol–water partition coefficient (Wildman–Crippen LogP) is 4.64. The van der Waals surface area contributed by atoms with Crippen molar-refractivity contribution >= 4 is 23.1 Å². The molecule has 2 nitrogen and oxygen atoms in total. The number of benzene rings is 3. The lowest BCUT2D eigenvalue weighted by Gasteiger charge is -2.06. The van der Waals surface area contributed by atoms with Crippen LogP contribution in [0.15, 0.2) is 72.8 Å². The molecule has 3 rings (SSSR count). The van der Waals surface area contributed by atoms with Gasteiger partial charge >= 0.3 is 0 Å². The van der Waals surface area contributed by atoms with Gasteiger partial charge in [-0.3, -0.25) is 0 Å². The molecular formula is C21H20N2. The van der Waals surface area contributed by atoms with Crippen LogP contribution in [0.4, 0.5) is 0 Å². The zero-order valence-electron chi connectivity index (χ0n) is 13.0. The van der Waals surface area contributed by atoms with Gasteiger partial charge in [0, 0.05) is 19.3 Å². The smallest absolute Gasteiger partial charge is 0.0256 e. The maximum Gasteiger partial charge on any atom is 0.0256 e. The average molecular weight is 300 g/mol. The molecule has 3 aromatic rings. The molecule has 3 aromatic carbocycles. The van der Waals surface area contributed by atoms with Gasteiger partial charge in [-0.1, -0.05) is 78.9 Å². The third-order valence-electron chi connectivity index (χ3n) is 3.88. The summed E-state index contributed by atoms with van der Waals surface area (Å²) in [5.74, 6) is 0. The Morgan fingerprint density at radius 2 is 1.43 bits per heavy atom. The van der Waals surface area contributed by atoms with E-state index in [1.807, 2.05) is 24.3 Å². The predicted molar refractivity (Wildman–Crippen MR) is 99.0 cm³/mol. The second-order valence-corrected chi connectivity index (χ2v) is 5.45. The third-order valence-corrected chi connectivity index (χ3v) is 3.88. The molecule has 0 amide bonds. The highest BCUT2D eigenvalue weighted by Gasteiger charge is 2.01. The molecule has 0 atom stereocenters. The molecule has 0 unspecified atom stereocenters. The van der Waals surface area contributed by atoms with Gasteiger partial charge in [-0.25, -0.2) is 0 Å². The zero-order valence-corrected chi connectivity index (χ0v) is 13.0. The molecule has 114 valence electrons. The van der Waals surface area contributed by atoms with Crippen LogP contribution < -0.4 is 5.32 Å². The second kappa shape index (κ2) is 7.52. The van der Waals surface area contributed by atoms with Gasteiger partial charge in [-0.15, -0.1) is 0 Å². The molecule has 0 saturated heterocycles. The fourth-order valence-electron chi connectivity index (χ4n) is 2.70. The van der Waals surface area contributed by atoms with Crippen molar-refractivity contribution in [1.29, 1.82) is 5.41 Å². The Morgan fingerprint density at radius 1 is 0.783 bits per heavy atom. The Kier molecular flexibility index (Phi) is 4.97. The summed E-state index contributed by atoms with van der Waals surface area (Å²) >= 11 is 0. The molecule has 2 heteroatoms. The molecule has 0 radical (unpaired) electrons. The first-order valence-corrected chi connectivity index (χ1v) is 7.82. The lowest BCUT2D eigenvalue weighted by Crippen LogP contribution is -2.12. The minimum Gasteiger partial charge on any atom is -0.309 e. The van der Waals surface area contributed by atoms with Crippen LogP contribution in [-0.4, -0.2) is 12.8 Å². The quantitative estimate of drug-likeness (QED) is 0.505. The van der Waals surface area contributed by atoms with E-state index in [1.54, 1.807) is 0 Å². The Balaban J connectivity index is 1.68. The number of rotatable bonds is 6. The van der Waals surface area contributed by atoms with Gasteiger partial charge in [-0.2, -0.15) is 0 Å². The SMILES string of the molecule is N=Cc1ccc(/C=C/CNCc2ccccc2)c2ccccc12. The molecule has 0 spiro atoms. The highest BCUT2D eigenvalue weighted by Crippen LogP contribution is 2.22. The van der Waals surface area contributed by atoms with Crippen LogP contribution >= 0.6 is 0 Å². The van der Waals surface area contributed by atoms with E-state index in [2.05, 4.69) is 59.9 Å². The van der Waals surface area contributed by atoms with Crippen LogP contribution in [0.3, 0.4) is 0 Å². The Bertz CT molecular complexity index is 820. The molecule has 0 bridgehead atoms. The van der Waals surface area contributed by atoms with E-state index in [9.17, 15) is 0 Å². The summed E-state index contributed by atoms with van der Waals surface area (Å²) in [6.07, 6.45) is 5.71. The number of hydrogen-bond acceptors (Lipinski definition) is 2. The molecule has 0 aliphatic carbocycles. The minimum absolute atomic E-state index is 0.829. The van der Waals surface area contributed by atoms with Crippen molar-refractivity contribution in [1.82, 2.24) is 5.32 Å². The summed E-state index contributed by atoms with van der Waals surface area (Å²) in [6, 6.07) is 22.7. The first-order chi connectivity index (χ1) is 11.4. The van der Waals surface area contributed by atoms with Crippen LogP contribution in [0.1, 0.15) is 16.7 Å². The van der Waals surface area contributed by atoms with Crippen LogP contribution in [0, 0.1) is 5.41 Å². The molecule has 2 N–H and O–H groups in total. The van der Waals surface area contributed by atoms with E-state index < -0.39 is 0 Å². The van der Waals surface area contributed by atoms with Gasteiger partial charge < -0.3 is 10.7 Å². The summed E-state index contributed by atoms with van der Waals surface area (Å²) in [7, 11) is 0. The van der Waals surface area contributed by atoms with Crippen LogP contribution in [0.5, 0.6) is 0 Å². The Labute approximate surface area is 137 Å². The molecule has 0 heterocycles. The number of nitrogens with one attached hydrogen (secondary N) is 2. The van der Waals surface area contributed by atoms with Gasteiger partial charge in [0.1, 0.15) is 0 Å². The Hall–Kier alpha value is -2.71. The monoisotopic (exact) mass is 300 g/mol. The Morgan fingerprint density at radius 3 is 2.17 bits per heavy atom. The second-order valence-electron chi connectivity index (χ2n) is 5.45. The van der Waals surface area contributed by atoms with Gasteiger partial charge in [0.25, 0.3) is 0 Å². The van der Waals surface area contributed by atoms with Crippen molar-refractivity contribution in [2.24, 2.45) is 0 Å². The maximum atomic E-state index is 7.52. The highest BCUT2D eigenvalue weighted by atomic mass is 14.8. The fourth-order valence-corrected chi connectivity index (χ4v) is 2.70. The van der Waals surface area contributed by atoms with Crippen LogP contribution in [0.2, 0.25) is 0 Å². The first-order valence-electron chi connectivity index (χ1n) is 7.82. The topological polar surface area (TPSA) is 35.9 Å². The fraction of sp³-hybridized carbons (Fsp3) is 0.0952. The molecule has 23 heavy (non-hydrogen) atoms. The number of fused-ring (bicyclic) bond motifs is 1. The molecular weight excluding hydrogens is 280 g/mol. The molecule has 0 aromatic heterocycles. The number of hydrogen-bond donors (Lipinski definition) is 2. The molecule has 0 saturated carbocycles. The third kappa shape index (κ3) is 3.74. The van der Waals surface area contributed by atoms with E-state index in [0.717, 1.165) is 24.0 Å². The van der Waals surface area contributed by atoms with E-state index in [4.69, 9.17) is 5.41 Å². The average Bonchev–Trinajstić information content (AvgIpc) is 2.62. The lowest BCUT2D eigenvalue weighted by atomic mass is 10.00. The summed E-state index contributed by atoms with van der Waals surface area (Å²) in [5.41, 5.74) is 3.44. The molecule has 0 aliphatic heterocycles. The molecule has 0 fully saturated rings. The minimum atomic E-state index is 0.829. The van der Waals surface area contributed by atoms with E-state index in [-0.39, 0.29) is 0 Å². The largest absolute Gasteiger partial charge is 0.309 e. The van der Waals surface area contributed by atoms with Crippen molar-refractivity contribution in [3.8, 4) is 0 Å². The van der Waals surface area contributed by atoms with Crippen molar-refractivity contribution in [3.63, 3.8) is 0 Å². The maximum absolute atomic E-state index is 7.52. The van der Waals surface area contributed by atoms with Gasteiger partial charge in [-0.05, 0) is 27.5 Å². The van der Waals surface area contributed by atoms with Crippen molar-refractivity contribution in [3.05, 3.63) is 89.5 Å². The van der Waals surface area contributed by atoms with Gasteiger partial charge in [0.2, 0.25) is 0 Å². The first kappa shape index (κ1) is 15.2. The van der Waals surface area contributed by atoms with Gasteiger partial charge in [0.15, 0.2) is 0 Å². The van der Waals surface area contributed by atoms with E-state index in [0.29, 0.717) is 0 Å². The summed E-state index contributed by atoms with van der Waals surface area (Å²) < 4.78 is 0. The molecule has 0 aliphatic rings. The van der Waals surface area contributed by atoms with Crippen LogP contribution in [0.25, 0.3) is 16.8 Å². The van der Waals surface area contributed by atoms with E-state index in [1.165, 1.54) is 22.7 Å². The highest BCUT2D eigenvalue weighted by molar-refractivity contribution is 6.02. The van der Waals surface area contributed by atoms with Crippen LogP contribution in [-0.2, 0) is 6.54 Å². The summed E-state index contributed by atoms with van der Waals surface area (Å²) in [4.78, 5) is 0. The van der Waals surface area contributed by atoms with Crippen molar-refractivity contribution in [2.75, 3.05) is 6.54 Å². The van der Waals surface area contributed by atoms with Crippen molar-refractivity contribution in [2.45, 2.75) is 6.54 Å². The summed E-state index contributed by atoms with van der Waals surface area (Å²) in [5, 5.41) is 13.3. The van der Waals surface area contributed by atoms with Crippen molar-refractivity contribution < 1.29 is 0 Å². The van der Waals surface area contributed by atoms with Gasteiger partial charge in [0.05, 0.1) is 0 Å². The standard InChI is InChI=1S/C21H20N2/c22-15-19-13-12-18(20-10-4-5-11-21(19)20)9-6-14-23-16-17-7-2-1-3-8-17/h1-13,15,22-23H,14,16H2/b9-6+,22-15?. The van der Waals surface area contributed by atoms with E-state index >= 15 is 0 Å². The lowest BCUT2D eigenvalue weighted by molar-refractivity contribution is 0.761. The zero-order chi connectivity index (χ0) is 15.9.